The summed E-state index contributed by atoms with van der Waals surface area (Å²) in [6.07, 6.45) is 13.7. The van der Waals surface area contributed by atoms with Crippen LogP contribution in [-0.4, -0.2) is 15.6 Å². The number of aryl methyl sites for hydroxylation is 1. The summed E-state index contributed by atoms with van der Waals surface area (Å²) in [4.78, 5) is 13.4. The summed E-state index contributed by atoms with van der Waals surface area (Å²) in [5.74, 6) is 4.99. The lowest BCUT2D eigenvalue weighted by molar-refractivity contribution is -0.0507. The molecule has 164 valence electrons. The summed E-state index contributed by atoms with van der Waals surface area (Å²) in [6.45, 7) is 11.2. The second kappa shape index (κ2) is 9.35. The molecule has 1 aromatic heterocycles. The van der Waals surface area contributed by atoms with Gasteiger partial charge in [0, 0.05) is 19.2 Å². The van der Waals surface area contributed by atoms with E-state index in [0.29, 0.717) is 5.78 Å². The Hall–Kier alpha value is -1.12. The standard InChI is InChI=1S/C24H38N2O.C2H6/c1-5-7-17-16(6-2)8-9-19-18(17)12-14-24(3)20(19)10-11-21(24)23(27)22-13-15-25-26(22)4;1-2/h13,15-21H,5-12,14H2,1-4H3;1-2H3. The van der Waals surface area contributed by atoms with Crippen molar-refractivity contribution in [3.8, 4) is 0 Å². The van der Waals surface area contributed by atoms with E-state index in [1.165, 1.54) is 51.4 Å². The minimum atomic E-state index is 0.201. The fourth-order valence-corrected chi connectivity index (χ4v) is 7.75. The van der Waals surface area contributed by atoms with Gasteiger partial charge in [0.25, 0.3) is 0 Å². The largest absolute Gasteiger partial charge is 0.292 e. The predicted octanol–water partition coefficient (Wildman–Crippen LogP) is 6.92. The Morgan fingerprint density at radius 2 is 1.90 bits per heavy atom. The minimum Gasteiger partial charge on any atom is -0.292 e. The molecule has 0 N–H and O–H groups in total. The number of carbonyl (C=O) groups is 1. The number of hydrogen-bond donors (Lipinski definition) is 0. The van der Waals surface area contributed by atoms with Gasteiger partial charge >= 0.3 is 0 Å². The number of fused-ring (bicyclic) bond motifs is 3. The Morgan fingerprint density at radius 1 is 1.14 bits per heavy atom. The molecule has 3 aliphatic carbocycles. The normalized spacial score (nSPS) is 38.6. The summed E-state index contributed by atoms with van der Waals surface area (Å²) in [7, 11) is 1.90. The topological polar surface area (TPSA) is 34.9 Å². The molecule has 0 saturated heterocycles. The van der Waals surface area contributed by atoms with Crippen LogP contribution in [-0.2, 0) is 7.05 Å². The van der Waals surface area contributed by atoms with Gasteiger partial charge in [-0.25, -0.2) is 0 Å². The van der Waals surface area contributed by atoms with Crippen LogP contribution in [0.15, 0.2) is 12.3 Å². The molecule has 3 saturated carbocycles. The molecule has 7 unspecified atom stereocenters. The number of carbonyl (C=O) groups excluding carboxylic acids is 1. The van der Waals surface area contributed by atoms with Crippen molar-refractivity contribution in [1.29, 1.82) is 0 Å². The molecule has 3 fully saturated rings. The first-order chi connectivity index (χ1) is 14.0. The Kier molecular flexibility index (Phi) is 7.27. The third-order valence-corrected chi connectivity index (χ3v) is 9.06. The van der Waals surface area contributed by atoms with Gasteiger partial charge in [-0.2, -0.15) is 5.10 Å². The highest BCUT2D eigenvalue weighted by atomic mass is 16.1. The van der Waals surface area contributed by atoms with E-state index in [9.17, 15) is 4.79 Å². The van der Waals surface area contributed by atoms with Crippen LogP contribution in [0.5, 0.6) is 0 Å². The predicted molar refractivity (Wildman–Crippen MR) is 121 cm³/mol. The lowest BCUT2D eigenvalue weighted by Crippen LogP contribution is -2.48. The van der Waals surface area contributed by atoms with E-state index in [1.807, 2.05) is 27.0 Å². The minimum absolute atomic E-state index is 0.201. The van der Waals surface area contributed by atoms with E-state index < -0.39 is 0 Å². The molecule has 0 spiro atoms. The van der Waals surface area contributed by atoms with Gasteiger partial charge in [0.1, 0.15) is 5.69 Å². The zero-order valence-corrected chi connectivity index (χ0v) is 19.8. The molecule has 1 heterocycles. The lowest BCUT2D eigenvalue weighted by atomic mass is 9.50. The van der Waals surface area contributed by atoms with Gasteiger partial charge in [-0.1, -0.05) is 53.9 Å². The SMILES string of the molecule is CC.CCCC1C(CC)CCC2C1CCC1(C)C(C(=O)c3ccnn3C)CCC21. The average Bonchev–Trinajstić information content (AvgIpc) is 3.32. The van der Waals surface area contributed by atoms with Crippen LogP contribution < -0.4 is 0 Å². The number of aromatic nitrogens is 2. The van der Waals surface area contributed by atoms with Crippen LogP contribution in [0.2, 0.25) is 0 Å². The van der Waals surface area contributed by atoms with Gasteiger partial charge in [0.05, 0.1) is 0 Å². The van der Waals surface area contributed by atoms with Gasteiger partial charge < -0.3 is 0 Å². The highest BCUT2D eigenvalue weighted by molar-refractivity contribution is 5.97. The molecule has 3 nitrogen and oxygen atoms in total. The summed E-state index contributed by atoms with van der Waals surface area (Å²) in [6, 6.07) is 1.91. The van der Waals surface area contributed by atoms with Crippen LogP contribution in [0, 0.1) is 40.9 Å². The molecule has 4 rings (SSSR count). The Balaban J connectivity index is 0.00000117. The van der Waals surface area contributed by atoms with Crippen LogP contribution in [0.1, 0.15) is 103 Å². The molecule has 3 aliphatic rings. The van der Waals surface area contributed by atoms with E-state index >= 15 is 0 Å². The third-order valence-electron chi connectivity index (χ3n) is 9.06. The lowest BCUT2D eigenvalue weighted by Gasteiger charge is -2.54. The fourth-order valence-electron chi connectivity index (χ4n) is 7.75. The van der Waals surface area contributed by atoms with E-state index in [-0.39, 0.29) is 11.3 Å². The van der Waals surface area contributed by atoms with Crippen molar-refractivity contribution in [3.63, 3.8) is 0 Å². The summed E-state index contributed by atoms with van der Waals surface area (Å²) in [5, 5.41) is 4.25. The van der Waals surface area contributed by atoms with E-state index in [2.05, 4.69) is 25.9 Å². The quantitative estimate of drug-likeness (QED) is 0.503. The van der Waals surface area contributed by atoms with Crippen molar-refractivity contribution in [1.82, 2.24) is 9.78 Å². The molecule has 0 amide bonds. The van der Waals surface area contributed by atoms with Gasteiger partial charge in [0.15, 0.2) is 5.78 Å². The van der Waals surface area contributed by atoms with Gasteiger partial charge in [-0.05, 0) is 79.6 Å². The molecule has 0 radical (unpaired) electrons. The van der Waals surface area contributed by atoms with Crippen molar-refractivity contribution in [2.45, 2.75) is 92.4 Å². The van der Waals surface area contributed by atoms with Crippen molar-refractivity contribution in [2.75, 3.05) is 0 Å². The average molecular weight is 401 g/mol. The van der Waals surface area contributed by atoms with E-state index in [1.54, 1.807) is 10.9 Å². The number of Topliss-reactive ketones (excluding diaryl/α,β-unsaturated/α-hetero) is 1. The zero-order chi connectivity index (χ0) is 21.2. The van der Waals surface area contributed by atoms with E-state index in [0.717, 1.165) is 41.7 Å². The first kappa shape index (κ1) is 22.6. The maximum atomic E-state index is 13.4. The van der Waals surface area contributed by atoms with Crippen molar-refractivity contribution >= 4 is 5.78 Å². The first-order valence-corrected chi connectivity index (χ1v) is 12.5. The number of rotatable bonds is 5. The Labute approximate surface area is 179 Å². The van der Waals surface area contributed by atoms with Gasteiger partial charge in [-0.15, -0.1) is 0 Å². The molecular formula is C26H44N2O. The van der Waals surface area contributed by atoms with Gasteiger partial charge in [-0.3, -0.25) is 9.48 Å². The Morgan fingerprint density at radius 3 is 2.52 bits per heavy atom. The molecule has 1 aromatic rings. The van der Waals surface area contributed by atoms with Crippen molar-refractivity contribution in [2.24, 2.45) is 48.0 Å². The molecule has 29 heavy (non-hydrogen) atoms. The highest BCUT2D eigenvalue weighted by Gasteiger charge is 2.58. The molecule has 3 heteroatoms. The molecule has 0 aromatic carbocycles. The molecular weight excluding hydrogens is 356 g/mol. The summed E-state index contributed by atoms with van der Waals surface area (Å²) >= 11 is 0. The number of nitrogens with zero attached hydrogens (tertiary/aromatic N) is 2. The maximum Gasteiger partial charge on any atom is 0.184 e. The zero-order valence-electron chi connectivity index (χ0n) is 19.8. The van der Waals surface area contributed by atoms with Crippen LogP contribution in [0.25, 0.3) is 0 Å². The van der Waals surface area contributed by atoms with E-state index in [4.69, 9.17) is 0 Å². The van der Waals surface area contributed by atoms with Crippen molar-refractivity contribution < 1.29 is 4.79 Å². The maximum absolute atomic E-state index is 13.4. The van der Waals surface area contributed by atoms with Crippen LogP contribution in [0.3, 0.4) is 0 Å². The number of hydrogen-bond acceptors (Lipinski definition) is 2. The second-order valence-electron chi connectivity index (χ2n) is 10.0. The van der Waals surface area contributed by atoms with Crippen LogP contribution >= 0.6 is 0 Å². The van der Waals surface area contributed by atoms with Crippen LogP contribution in [0.4, 0.5) is 0 Å². The molecule has 0 bridgehead atoms. The second-order valence-corrected chi connectivity index (χ2v) is 10.0. The number of ketones is 1. The summed E-state index contributed by atoms with van der Waals surface area (Å²) < 4.78 is 1.77. The smallest absolute Gasteiger partial charge is 0.184 e. The summed E-state index contributed by atoms with van der Waals surface area (Å²) in [5.41, 5.74) is 1.01. The monoisotopic (exact) mass is 400 g/mol. The molecule has 7 atom stereocenters. The third kappa shape index (κ3) is 3.83. The molecule has 0 aliphatic heterocycles. The Bertz CT molecular complexity index is 680. The van der Waals surface area contributed by atoms with Gasteiger partial charge in [0.2, 0.25) is 0 Å². The highest BCUT2D eigenvalue weighted by Crippen LogP contribution is 2.64. The van der Waals surface area contributed by atoms with Crippen molar-refractivity contribution in [3.05, 3.63) is 18.0 Å². The fraction of sp³-hybridized carbons (Fsp3) is 0.846. The first-order valence-electron chi connectivity index (χ1n) is 12.5.